The average Bonchev–Trinajstić information content (AvgIpc) is 2.35. The highest BCUT2D eigenvalue weighted by atomic mass is 32.2. The molecule has 0 spiro atoms. The maximum atomic E-state index is 11.8. The molecule has 3 unspecified atom stereocenters. The monoisotopic (exact) mass is 276 g/mol. The average molecular weight is 276 g/mol. The van der Waals surface area contributed by atoms with E-state index in [0.717, 1.165) is 0 Å². The first-order valence-electron chi connectivity index (χ1n) is 5.99. The predicted octanol–water partition coefficient (Wildman–Crippen LogP) is 0.260. The number of nitrogens with zero attached hydrogens (tertiary/aromatic N) is 1. The van der Waals surface area contributed by atoms with Gasteiger partial charge in [-0.3, -0.25) is 9.00 Å². The Balaban J connectivity index is 2.42. The number of amides is 2. The van der Waals surface area contributed by atoms with E-state index < -0.39 is 22.7 Å². The molecule has 0 saturated carbocycles. The van der Waals surface area contributed by atoms with E-state index in [-0.39, 0.29) is 17.8 Å². The van der Waals surface area contributed by atoms with Crippen LogP contribution in [0.2, 0.25) is 0 Å². The number of hydrogen-bond donors (Lipinski definition) is 2. The van der Waals surface area contributed by atoms with Gasteiger partial charge in [-0.25, -0.2) is 4.79 Å². The van der Waals surface area contributed by atoms with E-state index in [1.54, 1.807) is 13.2 Å². The summed E-state index contributed by atoms with van der Waals surface area (Å²) in [5, 5.41) is 11.5. The van der Waals surface area contributed by atoms with Gasteiger partial charge in [0.1, 0.15) is 0 Å². The molecule has 1 fully saturated rings. The minimum absolute atomic E-state index is 0.103. The van der Waals surface area contributed by atoms with Crippen LogP contribution in [0.4, 0.5) is 4.79 Å². The van der Waals surface area contributed by atoms with Gasteiger partial charge in [-0.05, 0) is 19.8 Å². The summed E-state index contributed by atoms with van der Waals surface area (Å²) in [7, 11) is -0.973. The number of carbonyl (C=O) groups excluding carboxylic acids is 1. The molecule has 1 aliphatic heterocycles. The van der Waals surface area contributed by atoms with Crippen molar-refractivity contribution in [1.82, 2.24) is 10.2 Å². The van der Waals surface area contributed by atoms with Gasteiger partial charge in [0, 0.05) is 41.9 Å². The number of piperidine rings is 1. The highest BCUT2D eigenvalue weighted by Crippen LogP contribution is 2.16. The van der Waals surface area contributed by atoms with Gasteiger partial charge in [0.05, 0.1) is 5.92 Å². The summed E-state index contributed by atoms with van der Waals surface area (Å²) < 4.78 is 11.1. The van der Waals surface area contributed by atoms with Crippen LogP contribution in [0.15, 0.2) is 0 Å². The van der Waals surface area contributed by atoms with Crippen LogP contribution in [0.25, 0.3) is 0 Å². The normalized spacial score (nSPS) is 23.2. The molecule has 0 bridgehead atoms. The number of aliphatic carboxylic acids is 1. The van der Waals surface area contributed by atoms with Crippen molar-refractivity contribution in [3.05, 3.63) is 0 Å². The van der Waals surface area contributed by atoms with Crippen LogP contribution in [-0.4, -0.2) is 57.4 Å². The summed E-state index contributed by atoms with van der Waals surface area (Å²) in [6, 6.07) is -0.266. The molecule has 1 heterocycles. The molecular weight excluding hydrogens is 256 g/mol. The third kappa shape index (κ3) is 4.29. The summed E-state index contributed by atoms with van der Waals surface area (Å²) in [6.07, 6.45) is 2.92. The lowest BCUT2D eigenvalue weighted by Gasteiger charge is -2.31. The highest BCUT2D eigenvalue weighted by molar-refractivity contribution is 7.84. The molecule has 3 atom stereocenters. The molecule has 2 N–H and O–H groups in total. The molecule has 0 radical (unpaired) electrons. The first-order valence-corrected chi connectivity index (χ1v) is 7.61. The van der Waals surface area contributed by atoms with Crippen molar-refractivity contribution in [3.63, 3.8) is 0 Å². The zero-order valence-corrected chi connectivity index (χ0v) is 11.5. The molecule has 2 amide bonds. The van der Waals surface area contributed by atoms with Crippen LogP contribution in [0.1, 0.15) is 19.8 Å². The molecule has 0 aromatic heterocycles. The lowest BCUT2D eigenvalue weighted by Crippen LogP contribution is -2.48. The lowest BCUT2D eigenvalue weighted by molar-refractivity contribution is -0.143. The Morgan fingerprint density at radius 2 is 2.22 bits per heavy atom. The first kappa shape index (κ1) is 14.9. The fourth-order valence-corrected chi connectivity index (χ4v) is 2.14. The number of nitrogens with one attached hydrogen (secondary N) is 1. The molecular formula is C11H20N2O4S. The Kier molecular flexibility index (Phi) is 5.58. The van der Waals surface area contributed by atoms with Crippen LogP contribution < -0.4 is 5.32 Å². The van der Waals surface area contributed by atoms with Gasteiger partial charge < -0.3 is 15.3 Å². The second kappa shape index (κ2) is 6.72. The Morgan fingerprint density at radius 3 is 2.78 bits per heavy atom. The quantitative estimate of drug-likeness (QED) is 0.771. The summed E-state index contributed by atoms with van der Waals surface area (Å²) in [5.74, 6) is -1.32. The number of carboxylic acid groups (broad SMARTS) is 1. The molecule has 6 nitrogen and oxygen atoms in total. The number of urea groups is 1. The molecule has 0 aromatic carbocycles. The molecule has 1 saturated heterocycles. The van der Waals surface area contributed by atoms with E-state index >= 15 is 0 Å². The maximum absolute atomic E-state index is 11.8. The van der Waals surface area contributed by atoms with Crippen molar-refractivity contribution >= 4 is 22.8 Å². The van der Waals surface area contributed by atoms with Crippen LogP contribution in [0, 0.1) is 5.92 Å². The van der Waals surface area contributed by atoms with Gasteiger partial charge in [-0.2, -0.15) is 0 Å². The fourth-order valence-electron chi connectivity index (χ4n) is 1.82. The van der Waals surface area contributed by atoms with E-state index in [1.807, 2.05) is 0 Å². The Hall–Kier alpha value is -1.11. The predicted molar refractivity (Wildman–Crippen MR) is 68.9 cm³/mol. The van der Waals surface area contributed by atoms with Gasteiger partial charge >= 0.3 is 12.0 Å². The second-order valence-electron chi connectivity index (χ2n) is 4.62. The van der Waals surface area contributed by atoms with Crippen molar-refractivity contribution in [3.8, 4) is 0 Å². The fraction of sp³-hybridized carbons (Fsp3) is 0.818. The molecule has 1 rings (SSSR count). The largest absolute Gasteiger partial charge is 0.481 e. The van der Waals surface area contributed by atoms with E-state index in [9.17, 15) is 13.8 Å². The summed E-state index contributed by atoms with van der Waals surface area (Å²) >= 11 is 0. The summed E-state index contributed by atoms with van der Waals surface area (Å²) in [4.78, 5) is 24.2. The topological polar surface area (TPSA) is 86.7 Å². The second-order valence-corrected chi connectivity index (χ2v) is 6.42. The molecule has 7 heteroatoms. The standard InChI is InChI=1S/C11H20N2O4S/c1-8(18(2)17)6-12-11(16)13-5-3-4-9(7-13)10(14)15/h8-9H,3-7H2,1-2H3,(H,12,16)(H,14,15). The molecule has 0 aliphatic carbocycles. The van der Waals surface area contributed by atoms with Crippen molar-refractivity contribution in [1.29, 1.82) is 0 Å². The Labute approximate surface area is 109 Å². The molecule has 18 heavy (non-hydrogen) atoms. The smallest absolute Gasteiger partial charge is 0.317 e. The Morgan fingerprint density at radius 1 is 1.56 bits per heavy atom. The van der Waals surface area contributed by atoms with Gasteiger partial charge in [0.25, 0.3) is 0 Å². The van der Waals surface area contributed by atoms with Crippen LogP contribution in [-0.2, 0) is 15.6 Å². The van der Waals surface area contributed by atoms with E-state index in [1.165, 1.54) is 4.90 Å². The van der Waals surface area contributed by atoms with Crippen molar-refractivity contribution < 1.29 is 18.9 Å². The minimum Gasteiger partial charge on any atom is -0.481 e. The summed E-state index contributed by atoms with van der Waals surface area (Å²) in [5.41, 5.74) is 0. The maximum Gasteiger partial charge on any atom is 0.317 e. The van der Waals surface area contributed by atoms with E-state index in [2.05, 4.69) is 5.32 Å². The minimum atomic E-state index is -0.973. The van der Waals surface area contributed by atoms with Crippen molar-refractivity contribution in [2.45, 2.75) is 25.0 Å². The van der Waals surface area contributed by atoms with E-state index in [4.69, 9.17) is 5.11 Å². The Bertz CT molecular complexity index is 348. The van der Waals surface area contributed by atoms with Crippen LogP contribution >= 0.6 is 0 Å². The zero-order valence-electron chi connectivity index (χ0n) is 10.7. The van der Waals surface area contributed by atoms with Crippen molar-refractivity contribution in [2.24, 2.45) is 5.92 Å². The van der Waals surface area contributed by atoms with Gasteiger partial charge in [-0.1, -0.05) is 0 Å². The molecule has 104 valence electrons. The van der Waals surface area contributed by atoms with E-state index in [0.29, 0.717) is 25.9 Å². The number of carbonyl (C=O) groups is 2. The van der Waals surface area contributed by atoms with Crippen molar-refractivity contribution in [2.75, 3.05) is 25.9 Å². The third-order valence-corrected chi connectivity index (χ3v) is 4.47. The summed E-state index contributed by atoms with van der Waals surface area (Å²) in [6.45, 7) is 2.98. The number of likely N-dealkylation sites (tertiary alicyclic amines) is 1. The number of carboxylic acids is 1. The van der Waals surface area contributed by atoms with Crippen LogP contribution in [0.5, 0.6) is 0 Å². The number of rotatable bonds is 4. The SMILES string of the molecule is CC(CNC(=O)N1CCCC(C(=O)O)C1)S(C)=O. The molecule has 0 aromatic rings. The highest BCUT2D eigenvalue weighted by Gasteiger charge is 2.28. The van der Waals surface area contributed by atoms with Gasteiger partial charge in [-0.15, -0.1) is 0 Å². The first-order chi connectivity index (χ1) is 8.41. The third-order valence-electron chi connectivity index (χ3n) is 3.17. The zero-order chi connectivity index (χ0) is 13.7. The lowest BCUT2D eigenvalue weighted by atomic mass is 9.99. The van der Waals surface area contributed by atoms with Gasteiger partial charge in [0.15, 0.2) is 0 Å². The molecule has 1 aliphatic rings. The van der Waals surface area contributed by atoms with Crippen LogP contribution in [0.3, 0.4) is 0 Å². The van der Waals surface area contributed by atoms with Gasteiger partial charge in [0.2, 0.25) is 0 Å². The number of hydrogen-bond acceptors (Lipinski definition) is 3.